The van der Waals surface area contributed by atoms with E-state index in [-0.39, 0.29) is 0 Å². The first-order valence-electron chi connectivity index (χ1n) is 20.5. The van der Waals surface area contributed by atoms with Gasteiger partial charge < -0.3 is 8.98 Å². The third-order valence-electron chi connectivity index (χ3n) is 11.9. The lowest BCUT2D eigenvalue weighted by atomic mass is 9.87. The predicted molar refractivity (Wildman–Crippen MR) is 245 cm³/mol. The second-order valence-corrected chi connectivity index (χ2v) is 15.6. The van der Waals surface area contributed by atoms with E-state index in [2.05, 4.69) is 174 Å². The first kappa shape index (κ1) is 34.2. The van der Waals surface area contributed by atoms with Gasteiger partial charge in [0.2, 0.25) is 0 Å². The van der Waals surface area contributed by atoms with E-state index in [0.717, 1.165) is 83.7 Å². The molecule has 0 saturated heterocycles. The Balaban J connectivity index is 0.984. The van der Waals surface area contributed by atoms with Gasteiger partial charge in [-0.05, 0) is 82.8 Å². The molecule has 0 bridgehead atoms. The van der Waals surface area contributed by atoms with Crippen LogP contribution in [0.1, 0.15) is 6.42 Å². The van der Waals surface area contributed by atoms with Gasteiger partial charge in [0.05, 0.1) is 11.0 Å². The first-order valence-corrected chi connectivity index (χ1v) is 20.5. The number of allylic oxidation sites excluding steroid dienone is 4. The Hall–Kier alpha value is -7.89. The fraction of sp³-hybridized carbons (Fsp3) is 0.0364. The predicted octanol–water partition coefficient (Wildman–Crippen LogP) is 12.1. The molecule has 3 heterocycles. The highest BCUT2D eigenvalue weighted by Gasteiger charge is 2.21. The van der Waals surface area contributed by atoms with Crippen molar-refractivity contribution >= 4 is 44.9 Å². The van der Waals surface area contributed by atoms with Crippen molar-refractivity contribution in [1.29, 1.82) is 0 Å². The molecular formula is C55H36N4O. The van der Waals surface area contributed by atoms with E-state index in [4.69, 9.17) is 19.4 Å². The molecule has 0 fully saturated rings. The molecule has 2 aliphatic carbocycles. The Labute approximate surface area is 346 Å². The second kappa shape index (κ2) is 13.9. The number of fused-ring (bicyclic) bond motifs is 7. The summed E-state index contributed by atoms with van der Waals surface area (Å²) in [7, 11) is 0. The van der Waals surface area contributed by atoms with Gasteiger partial charge in [0.1, 0.15) is 11.0 Å². The number of hydrogen-bond acceptors (Lipinski definition) is 4. The van der Waals surface area contributed by atoms with Gasteiger partial charge in [0.15, 0.2) is 17.5 Å². The number of nitrogens with zero attached hydrogens (tertiary/aromatic N) is 4. The minimum atomic E-state index is 0.345. The highest BCUT2D eigenvalue weighted by molar-refractivity contribution is 6.10. The Kier molecular flexibility index (Phi) is 7.91. The van der Waals surface area contributed by atoms with E-state index in [1.807, 2.05) is 30.3 Å². The van der Waals surface area contributed by atoms with Gasteiger partial charge in [-0.25, -0.2) is 15.0 Å². The van der Waals surface area contributed by atoms with Crippen LogP contribution in [0.15, 0.2) is 198 Å². The summed E-state index contributed by atoms with van der Waals surface area (Å²) in [6.07, 6.45) is 12.2. The summed E-state index contributed by atoms with van der Waals surface area (Å²) in [4.78, 5) is 15.3. The maximum absolute atomic E-state index is 6.68. The van der Waals surface area contributed by atoms with E-state index in [9.17, 15) is 0 Å². The number of furan rings is 1. The fourth-order valence-corrected chi connectivity index (χ4v) is 9.01. The molecule has 12 rings (SSSR count). The van der Waals surface area contributed by atoms with Crippen molar-refractivity contribution in [2.45, 2.75) is 6.42 Å². The number of benzene rings is 7. The Morgan fingerprint density at radius 2 is 1.13 bits per heavy atom. The summed E-state index contributed by atoms with van der Waals surface area (Å²) in [6.45, 7) is 0. The Bertz CT molecular complexity index is 3490. The summed E-state index contributed by atoms with van der Waals surface area (Å²) in [5.74, 6) is 2.21. The molecule has 5 nitrogen and oxygen atoms in total. The largest absolute Gasteiger partial charge is 0.456 e. The molecule has 0 radical (unpaired) electrons. The van der Waals surface area contributed by atoms with Crippen LogP contribution in [0.4, 0.5) is 0 Å². The van der Waals surface area contributed by atoms with Crippen LogP contribution in [0, 0.1) is 5.92 Å². The zero-order valence-electron chi connectivity index (χ0n) is 32.5. The first-order chi connectivity index (χ1) is 29.7. The van der Waals surface area contributed by atoms with Crippen molar-refractivity contribution < 1.29 is 4.42 Å². The maximum Gasteiger partial charge on any atom is 0.164 e. The Morgan fingerprint density at radius 1 is 0.517 bits per heavy atom. The zero-order chi connectivity index (χ0) is 39.6. The molecule has 0 saturated carbocycles. The minimum absolute atomic E-state index is 0.345. The van der Waals surface area contributed by atoms with Gasteiger partial charge in [0.25, 0.3) is 0 Å². The topological polar surface area (TPSA) is 56.7 Å². The van der Waals surface area contributed by atoms with E-state index in [0.29, 0.717) is 23.4 Å². The average molecular weight is 769 g/mol. The lowest BCUT2D eigenvalue weighted by Gasteiger charge is -2.17. The van der Waals surface area contributed by atoms with Gasteiger partial charge in [-0.3, -0.25) is 0 Å². The van der Waals surface area contributed by atoms with Crippen LogP contribution < -0.4 is 10.6 Å². The van der Waals surface area contributed by atoms with Crippen LogP contribution in [0.3, 0.4) is 0 Å². The van der Waals surface area contributed by atoms with E-state index < -0.39 is 0 Å². The minimum Gasteiger partial charge on any atom is -0.456 e. The molecule has 0 aliphatic heterocycles. The lowest BCUT2D eigenvalue weighted by Crippen LogP contribution is -2.27. The van der Waals surface area contributed by atoms with Gasteiger partial charge in [-0.2, -0.15) is 0 Å². The molecule has 5 heteroatoms. The number of hydrogen-bond donors (Lipinski definition) is 0. The molecule has 0 N–H and O–H groups in total. The molecular weight excluding hydrogens is 733 g/mol. The third kappa shape index (κ3) is 5.74. The van der Waals surface area contributed by atoms with Gasteiger partial charge in [-0.15, -0.1) is 0 Å². The lowest BCUT2D eigenvalue weighted by molar-refractivity contribution is 0.567. The van der Waals surface area contributed by atoms with E-state index in [1.165, 1.54) is 16.3 Å². The number of rotatable bonds is 6. The van der Waals surface area contributed by atoms with E-state index in [1.54, 1.807) is 0 Å². The van der Waals surface area contributed by atoms with Crippen LogP contribution in [-0.4, -0.2) is 19.5 Å². The second-order valence-electron chi connectivity index (χ2n) is 15.6. The zero-order valence-corrected chi connectivity index (χ0v) is 32.5. The molecule has 0 spiro atoms. The molecule has 3 aromatic heterocycles. The van der Waals surface area contributed by atoms with Crippen molar-refractivity contribution in [3.63, 3.8) is 0 Å². The van der Waals surface area contributed by atoms with Crippen molar-refractivity contribution in [1.82, 2.24) is 19.5 Å². The quantitative estimate of drug-likeness (QED) is 0.169. The Morgan fingerprint density at radius 3 is 1.90 bits per heavy atom. The van der Waals surface area contributed by atoms with Gasteiger partial charge in [-0.1, -0.05) is 152 Å². The monoisotopic (exact) mass is 768 g/mol. The molecule has 60 heavy (non-hydrogen) atoms. The number of para-hydroxylation sites is 2. The summed E-state index contributed by atoms with van der Waals surface area (Å²) in [6, 6.07) is 59.4. The SMILES string of the molecule is C1=CCC2C=c3oc4cc(-c5ccc(-c6nc(-c7ccccc7)nc(-c7ccc8c9ccccc9n(-c9ccccc9)c8c7)n6)cc5)cc(-c5ccccc5)c4c3=CC2=C1. The summed E-state index contributed by atoms with van der Waals surface area (Å²) in [5.41, 5.74) is 13.8. The third-order valence-corrected chi connectivity index (χ3v) is 11.9. The van der Waals surface area contributed by atoms with Crippen molar-refractivity contribution in [2.24, 2.45) is 5.92 Å². The summed E-state index contributed by atoms with van der Waals surface area (Å²) < 4.78 is 9.00. The number of aromatic nitrogens is 4. The highest BCUT2D eigenvalue weighted by atomic mass is 16.3. The smallest absolute Gasteiger partial charge is 0.164 e. The van der Waals surface area contributed by atoms with Crippen LogP contribution >= 0.6 is 0 Å². The molecule has 0 amide bonds. The van der Waals surface area contributed by atoms with Crippen molar-refractivity contribution in [3.8, 4) is 62.1 Å². The van der Waals surface area contributed by atoms with Crippen molar-refractivity contribution in [2.75, 3.05) is 0 Å². The van der Waals surface area contributed by atoms with Crippen LogP contribution in [0.2, 0.25) is 0 Å². The molecule has 2 aliphatic rings. The molecule has 10 aromatic rings. The van der Waals surface area contributed by atoms with Crippen LogP contribution in [0.25, 0.3) is 107 Å². The molecule has 1 unspecified atom stereocenters. The van der Waals surface area contributed by atoms with Crippen LogP contribution in [0.5, 0.6) is 0 Å². The van der Waals surface area contributed by atoms with Crippen molar-refractivity contribution in [3.05, 3.63) is 204 Å². The highest BCUT2D eigenvalue weighted by Crippen LogP contribution is 2.37. The standard InChI is InChI=1S/C55H36N4O/c1-4-14-36(15-5-1)46-31-42(34-51-52(46)47-30-39-18-10-11-19-40(39)33-50(47)60-51)35-24-26-38(27-25-35)54-56-53(37-16-6-2-7-17-37)57-55(58-54)41-28-29-45-44-22-12-13-23-48(44)59(49(45)32-41)43-20-8-3-9-21-43/h1-18,20-34,40H,19H2. The van der Waals surface area contributed by atoms with E-state index >= 15 is 0 Å². The average Bonchev–Trinajstić information content (AvgIpc) is 3.86. The summed E-state index contributed by atoms with van der Waals surface area (Å²) in [5, 5.41) is 4.69. The maximum atomic E-state index is 6.68. The fourth-order valence-electron chi connectivity index (χ4n) is 9.01. The summed E-state index contributed by atoms with van der Waals surface area (Å²) >= 11 is 0. The van der Waals surface area contributed by atoms with Gasteiger partial charge in [0, 0.05) is 49.7 Å². The molecule has 7 aromatic carbocycles. The van der Waals surface area contributed by atoms with Gasteiger partial charge >= 0.3 is 0 Å². The normalized spacial score (nSPS) is 14.4. The van der Waals surface area contributed by atoms with Crippen LogP contribution in [-0.2, 0) is 0 Å². The molecule has 282 valence electrons. The molecule has 1 atom stereocenters.